The number of benzene rings is 3. The molecule has 0 radical (unpaired) electrons. The Kier molecular flexibility index (Phi) is 7.36. The lowest BCUT2D eigenvalue weighted by molar-refractivity contribution is -0.000872. The van der Waals surface area contributed by atoms with Crippen molar-refractivity contribution < 1.29 is 27.4 Å². The first-order chi connectivity index (χ1) is 19.2. The molecule has 11 nitrogen and oxygen atoms in total. The first-order valence-corrected chi connectivity index (χ1v) is 14.4. The number of hydrogen-bond donors (Lipinski definition) is 1. The van der Waals surface area contributed by atoms with E-state index in [4.69, 9.17) is 13.9 Å². The molecule has 0 saturated carbocycles. The first-order valence-electron chi connectivity index (χ1n) is 12.2. The summed E-state index contributed by atoms with van der Waals surface area (Å²) in [7, 11) is -1.23. The molecule has 2 aromatic heterocycles. The summed E-state index contributed by atoms with van der Waals surface area (Å²) >= 11 is 0.917. The number of ether oxygens (including phenoxy) is 2. The predicted octanol–water partition coefficient (Wildman–Crippen LogP) is 3.96. The lowest BCUT2D eigenvalue weighted by Gasteiger charge is -2.28. The zero-order valence-electron chi connectivity index (χ0n) is 21.8. The number of hydrogen-bond acceptors (Lipinski definition) is 10. The fraction of sp³-hybridized carbons (Fsp3) is 0.222. The molecule has 208 valence electrons. The van der Waals surface area contributed by atoms with E-state index in [0.717, 1.165) is 20.4 Å². The molecule has 0 bridgehead atoms. The monoisotopic (exact) mass is 582 g/mol. The standard InChI is InChI=1S/C27H26N4O7S2/c1-4-27(33,19-8-6-5-7-9-19)31-22-13-12-21(15-24(22)38-26(31)32)40(34,35)30(25-28-17-29-39-25)16-18-10-11-20(36-2)14-23(18)37-3/h5-15,17,33H,4,16H2,1-3H3. The van der Waals surface area contributed by atoms with Crippen molar-refractivity contribution in [3.05, 3.63) is 94.7 Å². The quantitative estimate of drug-likeness (QED) is 0.259. The Bertz CT molecular complexity index is 1800. The van der Waals surface area contributed by atoms with Crippen LogP contribution in [0.2, 0.25) is 0 Å². The summed E-state index contributed by atoms with van der Waals surface area (Å²) in [5.41, 5.74) is -0.385. The average molecular weight is 583 g/mol. The minimum Gasteiger partial charge on any atom is -0.497 e. The maximum absolute atomic E-state index is 14.0. The highest BCUT2D eigenvalue weighted by Crippen LogP contribution is 2.34. The number of rotatable bonds is 10. The second-order valence-corrected chi connectivity index (χ2v) is 11.4. The van der Waals surface area contributed by atoms with Crippen molar-refractivity contribution >= 4 is 37.8 Å². The largest absolute Gasteiger partial charge is 0.497 e. The van der Waals surface area contributed by atoms with E-state index in [1.807, 2.05) is 0 Å². The molecule has 0 saturated heterocycles. The van der Waals surface area contributed by atoms with Gasteiger partial charge in [-0.2, -0.15) is 4.37 Å². The van der Waals surface area contributed by atoms with Gasteiger partial charge in [0.05, 0.1) is 31.2 Å². The van der Waals surface area contributed by atoms with E-state index in [2.05, 4.69) is 9.36 Å². The van der Waals surface area contributed by atoms with Crippen LogP contribution < -0.4 is 19.5 Å². The molecule has 0 spiro atoms. The molecule has 1 atom stereocenters. The zero-order chi connectivity index (χ0) is 28.5. The molecule has 2 heterocycles. The van der Waals surface area contributed by atoms with Gasteiger partial charge in [-0.3, -0.25) is 0 Å². The Balaban J connectivity index is 1.60. The highest BCUT2D eigenvalue weighted by atomic mass is 32.2. The zero-order valence-corrected chi connectivity index (χ0v) is 23.5. The van der Waals surface area contributed by atoms with Gasteiger partial charge in [0.1, 0.15) is 17.8 Å². The van der Waals surface area contributed by atoms with Gasteiger partial charge in [-0.1, -0.05) is 37.3 Å². The molecule has 0 fully saturated rings. The first kappa shape index (κ1) is 27.4. The lowest BCUT2D eigenvalue weighted by Crippen LogP contribution is -2.39. The van der Waals surface area contributed by atoms with E-state index in [1.54, 1.807) is 55.5 Å². The van der Waals surface area contributed by atoms with Gasteiger partial charge < -0.3 is 19.0 Å². The molecule has 13 heteroatoms. The molecule has 0 aliphatic rings. The lowest BCUT2D eigenvalue weighted by atomic mass is 9.99. The van der Waals surface area contributed by atoms with Crippen LogP contribution in [0.25, 0.3) is 11.1 Å². The fourth-order valence-electron chi connectivity index (χ4n) is 4.50. The number of nitrogens with zero attached hydrogens (tertiary/aromatic N) is 4. The molecule has 1 N–H and O–H groups in total. The molecule has 0 aliphatic heterocycles. The molecule has 5 rings (SSSR count). The third-order valence-corrected chi connectivity index (χ3v) is 9.15. The maximum atomic E-state index is 14.0. The van der Waals surface area contributed by atoms with Crippen LogP contribution in [0.15, 0.2) is 87.2 Å². The Morgan fingerprint density at radius 1 is 1.07 bits per heavy atom. The van der Waals surface area contributed by atoms with Gasteiger partial charge in [0.15, 0.2) is 11.3 Å². The molecule has 0 aliphatic carbocycles. The van der Waals surface area contributed by atoms with Crippen LogP contribution >= 0.6 is 11.5 Å². The Morgan fingerprint density at radius 3 is 2.50 bits per heavy atom. The summed E-state index contributed by atoms with van der Waals surface area (Å²) in [6.45, 7) is 1.63. The number of fused-ring (bicyclic) bond motifs is 1. The molecular weight excluding hydrogens is 556 g/mol. The van der Waals surface area contributed by atoms with Crippen LogP contribution in [0.1, 0.15) is 24.5 Å². The summed E-state index contributed by atoms with van der Waals surface area (Å²) < 4.78 is 50.4. The maximum Gasteiger partial charge on any atom is 0.422 e. The Morgan fingerprint density at radius 2 is 1.85 bits per heavy atom. The second-order valence-electron chi connectivity index (χ2n) is 8.78. The van der Waals surface area contributed by atoms with Gasteiger partial charge in [0, 0.05) is 34.8 Å². The van der Waals surface area contributed by atoms with E-state index in [9.17, 15) is 18.3 Å². The Labute approximate surface area is 234 Å². The van der Waals surface area contributed by atoms with Crippen molar-refractivity contribution in [1.82, 2.24) is 13.9 Å². The number of sulfonamides is 1. The van der Waals surface area contributed by atoms with E-state index < -0.39 is 21.5 Å². The van der Waals surface area contributed by atoms with Gasteiger partial charge in [-0.15, -0.1) is 0 Å². The third kappa shape index (κ3) is 4.72. The second kappa shape index (κ2) is 10.8. The average Bonchev–Trinajstić information content (AvgIpc) is 3.63. The van der Waals surface area contributed by atoms with Crippen LogP contribution in [0, 0.1) is 0 Å². The topological polar surface area (TPSA) is 137 Å². The van der Waals surface area contributed by atoms with Crippen LogP contribution in [0.5, 0.6) is 11.5 Å². The third-order valence-electron chi connectivity index (χ3n) is 6.61. The summed E-state index contributed by atoms with van der Waals surface area (Å²) in [6, 6.07) is 17.9. The Hall–Kier alpha value is -4.20. The molecule has 0 amide bonds. The molecule has 5 aromatic rings. The van der Waals surface area contributed by atoms with Crippen molar-refractivity contribution in [1.29, 1.82) is 0 Å². The summed E-state index contributed by atoms with van der Waals surface area (Å²) in [5.74, 6) is 0.169. The van der Waals surface area contributed by atoms with Gasteiger partial charge in [-0.05, 0) is 30.7 Å². The van der Waals surface area contributed by atoms with Crippen LogP contribution in [0.3, 0.4) is 0 Å². The van der Waals surface area contributed by atoms with Crippen molar-refractivity contribution in [3.63, 3.8) is 0 Å². The molecule has 40 heavy (non-hydrogen) atoms. The number of methoxy groups -OCH3 is 2. The highest BCUT2D eigenvalue weighted by molar-refractivity contribution is 7.93. The van der Waals surface area contributed by atoms with Crippen LogP contribution in [0.4, 0.5) is 5.13 Å². The summed E-state index contributed by atoms with van der Waals surface area (Å²) in [4.78, 5) is 17.0. The minimum atomic E-state index is -4.23. The minimum absolute atomic E-state index is 0.00752. The van der Waals surface area contributed by atoms with Crippen molar-refractivity contribution in [3.8, 4) is 11.5 Å². The normalized spacial score (nSPS) is 13.2. The van der Waals surface area contributed by atoms with Crippen LogP contribution in [-0.2, 0) is 22.3 Å². The van der Waals surface area contributed by atoms with Gasteiger partial charge in [-0.25, -0.2) is 27.1 Å². The smallest absolute Gasteiger partial charge is 0.422 e. The molecule has 3 aromatic carbocycles. The highest BCUT2D eigenvalue weighted by Gasteiger charge is 2.35. The van der Waals surface area contributed by atoms with E-state index in [-0.39, 0.29) is 34.1 Å². The number of aliphatic hydroxyl groups is 1. The van der Waals surface area contributed by atoms with Crippen LogP contribution in [-0.4, -0.2) is 41.7 Å². The van der Waals surface area contributed by atoms with Gasteiger partial charge in [0.25, 0.3) is 10.0 Å². The van der Waals surface area contributed by atoms with Crippen molar-refractivity contribution in [2.75, 3.05) is 18.5 Å². The van der Waals surface area contributed by atoms with Crippen molar-refractivity contribution in [2.24, 2.45) is 0 Å². The summed E-state index contributed by atoms with van der Waals surface area (Å²) in [6.07, 6.45) is 1.44. The number of aromatic nitrogens is 3. The molecular formula is C27H26N4O7S2. The van der Waals surface area contributed by atoms with E-state index in [1.165, 1.54) is 38.7 Å². The fourth-order valence-corrected chi connectivity index (χ4v) is 6.65. The predicted molar refractivity (Wildman–Crippen MR) is 149 cm³/mol. The van der Waals surface area contributed by atoms with Gasteiger partial charge >= 0.3 is 5.76 Å². The van der Waals surface area contributed by atoms with Gasteiger partial charge in [0.2, 0.25) is 5.13 Å². The van der Waals surface area contributed by atoms with Crippen molar-refractivity contribution in [2.45, 2.75) is 30.5 Å². The molecule has 1 unspecified atom stereocenters. The van der Waals surface area contributed by atoms with E-state index in [0.29, 0.717) is 22.6 Å². The number of oxazole rings is 1. The van der Waals surface area contributed by atoms with E-state index >= 15 is 0 Å². The number of anilines is 1. The summed E-state index contributed by atoms with van der Waals surface area (Å²) in [5, 5.41) is 11.7. The SMILES string of the molecule is CCC(O)(c1ccccc1)n1c(=O)oc2cc(S(=O)(=O)N(Cc3ccc(OC)cc3OC)c3ncns3)ccc21.